The molecule has 0 fully saturated rings. The van der Waals surface area contributed by atoms with E-state index in [1.165, 1.54) is 18.2 Å². The van der Waals surface area contributed by atoms with Crippen LogP contribution in [0.5, 0.6) is 0 Å². The summed E-state index contributed by atoms with van der Waals surface area (Å²) in [5.74, 6) is -1.63. The third-order valence-electron chi connectivity index (χ3n) is 4.38. The van der Waals surface area contributed by atoms with Crippen LogP contribution in [0, 0.1) is 17.0 Å². The number of nitro benzene ring substituents is 1. The lowest BCUT2D eigenvalue weighted by atomic mass is 10.0. The summed E-state index contributed by atoms with van der Waals surface area (Å²) in [5.41, 5.74) is 1.14. The molecule has 2 N–H and O–H groups in total. The van der Waals surface area contributed by atoms with E-state index in [2.05, 4.69) is 10.6 Å². The molecule has 0 aliphatic heterocycles. The Labute approximate surface area is 179 Å². The number of rotatable bonds is 9. The zero-order valence-electron chi connectivity index (χ0n) is 17.6. The average Bonchev–Trinajstić information content (AvgIpc) is 2.71. The number of hydrogen-bond acceptors (Lipinski definition) is 6. The van der Waals surface area contributed by atoms with Gasteiger partial charge < -0.3 is 15.4 Å². The third kappa shape index (κ3) is 6.91. The molecule has 0 spiro atoms. The van der Waals surface area contributed by atoms with E-state index in [-0.39, 0.29) is 30.3 Å². The fourth-order valence-electron chi connectivity index (χ4n) is 2.99. The lowest BCUT2D eigenvalue weighted by Gasteiger charge is -2.19. The van der Waals surface area contributed by atoms with Crippen molar-refractivity contribution in [1.29, 1.82) is 0 Å². The van der Waals surface area contributed by atoms with Gasteiger partial charge in [0.1, 0.15) is 0 Å². The number of esters is 1. The van der Waals surface area contributed by atoms with Crippen LogP contribution in [-0.2, 0) is 14.3 Å². The standard InChI is InChI=1S/C22H25N3O6/c1-14(2)31-21(27)12-18(17-10-6-7-11-19(17)25(29)30)24-20(26)13-23-22(28)16-9-5-4-8-15(16)3/h4-11,14,18H,12-13H2,1-3H3,(H,23,28)(H,24,26). The summed E-state index contributed by atoms with van der Waals surface area (Å²) in [6.45, 7) is 4.78. The Morgan fingerprint density at radius 3 is 2.35 bits per heavy atom. The highest BCUT2D eigenvalue weighted by Gasteiger charge is 2.26. The number of benzene rings is 2. The van der Waals surface area contributed by atoms with Gasteiger partial charge in [0.25, 0.3) is 11.6 Å². The van der Waals surface area contributed by atoms with Gasteiger partial charge >= 0.3 is 5.97 Å². The lowest BCUT2D eigenvalue weighted by Crippen LogP contribution is -2.39. The Balaban J connectivity index is 2.14. The number of nitro groups is 1. The second-order valence-electron chi connectivity index (χ2n) is 7.18. The fourth-order valence-corrected chi connectivity index (χ4v) is 2.99. The summed E-state index contributed by atoms with van der Waals surface area (Å²) in [6, 6.07) is 11.8. The maximum absolute atomic E-state index is 12.5. The van der Waals surface area contributed by atoms with Crippen LogP contribution >= 0.6 is 0 Å². The van der Waals surface area contributed by atoms with Gasteiger partial charge in [-0.3, -0.25) is 24.5 Å². The first-order valence-corrected chi connectivity index (χ1v) is 9.75. The molecule has 0 saturated heterocycles. The molecule has 0 radical (unpaired) electrons. The largest absolute Gasteiger partial charge is 0.463 e. The quantitative estimate of drug-likeness (QED) is 0.360. The van der Waals surface area contributed by atoms with Gasteiger partial charge in [-0.05, 0) is 32.4 Å². The monoisotopic (exact) mass is 427 g/mol. The molecule has 31 heavy (non-hydrogen) atoms. The second-order valence-corrected chi connectivity index (χ2v) is 7.18. The van der Waals surface area contributed by atoms with Gasteiger partial charge in [-0.25, -0.2) is 0 Å². The van der Waals surface area contributed by atoms with E-state index >= 15 is 0 Å². The number of carbonyl (C=O) groups is 3. The highest BCUT2D eigenvalue weighted by atomic mass is 16.6. The van der Waals surface area contributed by atoms with Crippen LogP contribution in [0.4, 0.5) is 5.69 Å². The summed E-state index contributed by atoms with van der Waals surface area (Å²) in [6.07, 6.45) is -0.663. The summed E-state index contributed by atoms with van der Waals surface area (Å²) >= 11 is 0. The minimum absolute atomic E-state index is 0.173. The second kappa shape index (κ2) is 10.9. The van der Waals surface area contributed by atoms with Crippen molar-refractivity contribution in [3.8, 4) is 0 Å². The van der Waals surface area contributed by atoms with Crippen molar-refractivity contribution in [3.63, 3.8) is 0 Å². The molecule has 9 nitrogen and oxygen atoms in total. The highest BCUT2D eigenvalue weighted by Crippen LogP contribution is 2.27. The zero-order valence-corrected chi connectivity index (χ0v) is 17.6. The Morgan fingerprint density at radius 1 is 1.06 bits per heavy atom. The van der Waals surface area contributed by atoms with Crippen molar-refractivity contribution in [2.24, 2.45) is 0 Å². The van der Waals surface area contributed by atoms with E-state index in [9.17, 15) is 24.5 Å². The minimum atomic E-state index is -0.990. The van der Waals surface area contributed by atoms with E-state index in [0.29, 0.717) is 5.56 Å². The van der Waals surface area contributed by atoms with Gasteiger partial charge in [0.05, 0.1) is 35.6 Å². The molecule has 2 rings (SSSR count). The van der Waals surface area contributed by atoms with E-state index in [1.807, 2.05) is 0 Å². The summed E-state index contributed by atoms with van der Waals surface area (Å²) in [4.78, 5) is 47.8. The van der Waals surface area contributed by atoms with Gasteiger partial charge in [0, 0.05) is 11.6 Å². The first-order chi connectivity index (χ1) is 14.7. The molecular weight excluding hydrogens is 402 g/mol. The molecule has 1 unspecified atom stereocenters. The predicted octanol–water partition coefficient (Wildman–Crippen LogP) is 2.83. The van der Waals surface area contributed by atoms with Crippen molar-refractivity contribution in [2.45, 2.75) is 39.3 Å². The van der Waals surface area contributed by atoms with Crippen LogP contribution in [0.15, 0.2) is 48.5 Å². The van der Waals surface area contributed by atoms with Crippen LogP contribution in [0.2, 0.25) is 0 Å². The SMILES string of the molecule is Cc1ccccc1C(=O)NCC(=O)NC(CC(=O)OC(C)C)c1ccccc1[N+](=O)[O-]. The predicted molar refractivity (Wildman–Crippen MR) is 113 cm³/mol. The number of amides is 2. The van der Waals surface area contributed by atoms with E-state index in [4.69, 9.17) is 4.74 Å². The molecule has 2 aromatic rings. The summed E-state index contributed by atoms with van der Waals surface area (Å²) in [5, 5.41) is 16.5. The first kappa shape index (κ1) is 23.5. The molecular formula is C22H25N3O6. The molecule has 0 aromatic heterocycles. The van der Waals surface area contributed by atoms with E-state index < -0.39 is 28.7 Å². The molecule has 0 bridgehead atoms. The maximum Gasteiger partial charge on any atom is 0.308 e. The molecule has 9 heteroatoms. The average molecular weight is 427 g/mol. The van der Waals surface area contributed by atoms with Gasteiger partial charge in [-0.15, -0.1) is 0 Å². The van der Waals surface area contributed by atoms with Crippen LogP contribution in [0.25, 0.3) is 0 Å². The number of nitrogens with zero attached hydrogens (tertiary/aromatic N) is 1. The smallest absolute Gasteiger partial charge is 0.308 e. The number of carbonyl (C=O) groups excluding carboxylic acids is 3. The molecule has 2 amide bonds. The van der Waals surface area contributed by atoms with Crippen LogP contribution in [0.3, 0.4) is 0 Å². The number of para-hydroxylation sites is 1. The Kier molecular flexibility index (Phi) is 8.25. The van der Waals surface area contributed by atoms with Gasteiger partial charge in [0.15, 0.2) is 0 Å². The van der Waals surface area contributed by atoms with Crippen molar-refractivity contribution in [1.82, 2.24) is 10.6 Å². The number of ether oxygens (including phenoxy) is 1. The van der Waals surface area contributed by atoms with Gasteiger partial charge in [0.2, 0.25) is 5.91 Å². The topological polar surface area (TPSA) is 128 Å². The third-order valence-corrected chi connectivity index (χ3v) is 4.38. The molecule has 0 aliphatic carbocycles. The van der Waals surface area contributed by atoms with Gasteiger partial charge in [-0.2, -0.15) is 0 Å². The Morgan fingerprint density at radius 2 is 1.71 bits per heavy atom. The number of aryl methyl sites for hydroxylation is 1. The Hall–Kier alpha value is -3.75. The van der Waals surface area contributed by atoms with Crippen LogP contribution < -0.4 is 10.6 Å². The van der Waals surface area contributed by atoms with Crippen LogP contribution in [-0.4, -0.2) is 35.4 Å². The summed E-state index contributed by atoms with van der Waals surface area (Å²) < 4.78 is 5.12. The molecule has 2 aromatic carbocycles. The number of hydrogen-bond donors (Lipinski definition) is 2. The maximum atomic E-state index is 12.5. The van der Waals surface area contributed by atoms with Gasteiger partial charge in [-0.1, -0.05) is 36.4 Å². The van der Waals surface area contributed by atoms with E-state index in [0.717, 1.165) is 5.56 Å². The first-order valence-electron chi connectivity index (χ1n) is 9.75. The van der Waals surface area contributed by atoms with Crippen molar-refractivity contribution in [3.05, 3.63) is 75.3 Å². The molecule has 0 saturated carbocycles. The van der Waals surface area contributed by atoms with Crippen LogP contribution in [0.1, 0.15) is 47.8 Å². The Bertz CT molecular complexity index is 973. The molecule has 164 valence electrons. The van der Waals surface area contributed by atoms with Crippen molar-refractivity contribution >= 4 is 23.5 Å². The van der Waals surface area contributed by atoms with Crippen molar-refractivity contribution < 1.29 is 24.0 Å². The molecule has 1 atom stereocenters. The molecule has 0 aliphatic rings. The molecule has 0 heterocycles. The zero-order chi connectivity index (χ0) is 23.0. The fraction of sp³-hybridized carbons (Fsp3) is 0.318. The van der Waals surface area contributed by atoms with Crippen molar-refractivity contribution in [2.75, 3.05) is 6.54 Å². The normalized spacial score (nSPS) is 11.5. The minimum Gasteiger partial charge on any atom is -0.463 e. The number of nitrogens with one attached hydrogen (secondary N) is 2. The highest BCUT2D eigenvalue weighted by molar-refractivity contribution is 5.97. The summed E-state index contributed by atoms with van der Waals surface area (Å²) in [7, 11) is 0. The van der Waals surface area contributed by atoms with E-state index in [1.54, 1.807) is 51.1 Å². The lowest BCUT2D eigenvalue weighted by molar-refractivity contribution is -0.385.